The van der Waals surface area contributed by atoms with Gasteiger partial charge in [0.05, 0.1) is 0 Å². The molecule has 0 aliphatic rings. The third-order valence-electron chi connectivity index (χ3n) is 0.859. The van der Waals surface area contributed by atoms with Gasteiger partial charge in [-0.1, -0.05) is 13.8 Å². The molecule has 0 aliphatic carbocycles. The van der Waals surface area contributed by atoms with Crippen LogP contribution >= 0.6 is 0 Å². The van der Waals surface area contributed by atoms with Crippen molar-refractivity contribution in [3.05, 3.63) is 0 Å². The van der Waals surface area contributed by atoms with Gasteiger partial charge in [0.2, 0.25) is 12.4 Å². The molecule has 1 unspecified atom stereocenters. The van der Waals surface area contributed by atoms with E-state index in [-0.39, 0.29) is 5.92 Å². The van der Waals surface area contributed by atoms with Crippen LogP contribution in [-0.2, 0) is 4.79 Å². The Morgan fingerprint density at radius 3 is 2.56 bits per heavy atom. The van der Waals surface area contributed by atoms with Crippen molar-refractivity contribution in [3.8, 4) is 0 Å². The van der Waals surface area contributed by atoms with E-state index in [9.17, 15) is 9.18 Å². The van der Waals surface area contributed by atoms with Gasteiger partial charge >= 0.3 is 0 Å². The summed E-state index contributed by atoms with van der Waals surface area (Å²) in [7, 11) is 0. The van der Waals surface area contributed by atoms with Gasteiger partial charge < -0.3 is 0 Å². The van der Waals surface area contributed by atoms with Crippen LogP contribution in [0.1, 0.15) is 20.3 Å². The second-order valence-corrected chi connectivity index (χ2v) is 2.28. The monoisotopic (exact) mass is 131 g/mol. The van der Waals surface area contributed by atoms with Crippen LogP contribution in [0.3, 0.4) is 0 Å². The highest BCUT2D eigenvalue weighted by Gasteiger charge is 2.04. The van der Waals surface area contributed by atoms with Gasteiger partial charge in [-0.05, 0) is 5.92 Å². The fourth-order valence-electron chi connectivity index (χ4n) is 0.499. The Kier molecular flexibility index (Phi) is 3.89. The van der Waals surface area contributed by atoms with Crippen LogP contribution in [0.2, 0.25) is 0 Å². The maximum absolute atomic E-state index is 12.2. The van der Waals surface area contributed by atoms with Crippen molar-refractivity contribution in [1.82, 2.24) is 0 Å². The van der Waals surface area contributed by atoms with Gasteiger partial charge in [-0.2, -0.15) is 4.99 Å². The van der Waals surface area contributed by atoms with Gasteiger partial charge in [0.1, 0.15) is 0 Å². The summed E-state index contributed by atoms with van der Waals surface area (Å²) in [5.74, 6) is 0.233. The summed E-state index contributed by atoms with van der Waals surface area (Å²) in [6.45, 7) is 3.74. The summed E-state index contributed by atoms with van der Waals surface area (Å²) in [6.07, 6.45) is 0.115. The van der Waals surface area contributed by atoms with E-state index in [1.807, 2.05) is 13.8 Å². The number of carbonyl (C=O) groups excluding carboxylic acids is 1. The molecule has 0 bridgehead atoms. The van der Waals surface area contributed by atoms with Gasteiger partial charge in [-0.3, -0.25) is 0 Å². The zero-order valence-electron chi connectivity index (χ0n) is 5.60. The predicted octanol–water partition coefficient (Wildman–Crippen LogP) is 1.66. The van der Waals surface area contributed by atoms with Crippen LogP contribution in [0.5, 0.6) is 0 Å². The summed E-state index contributed by atoms with van der Waals surface area (Å²) in [5, 5.41) is 0. The first-order valence-electron chi connectivity index (χ1n) is 2.88. The van der Waals surface area contributed by atoms with Crippen LogP contribution < -0.4 is 0 Å². The number of rotatable bonds is 3. The van der Waals surface area contributed by atoms with Crippen molar-refractivity contribution in [2.75, 3.05) is 0 Å². The van der Waals surface area contributed by atoms with Crippen molar-refractivity contribution in [1.29, 1.82) is 0 Å². The summed E-state index contributed by atoms with van der Waals surface area (Å²) in [4.78, 5) is 12.4. The molecule has 9 heavy (non-hydrogen) atoms. The molecule has 2 nitrogen and oxygen atoms in total. The largest absolute Gasteiger partial charge is 0.237 e. The molecule has 0 aliphatic heterocycles. The molecule has 0 heterocycles. The Labute approximate surface area is 53.8 Å². The van der Waals surface area contributed by atoms with Crippen molar-refractivity contribution in [2.45, 2.75) is 26.6 Å². The molecule has 0 amide bonds. The number of aliphatic imine (C=N–C) groups is 1. The summed E-state index contributed by atoms with van der Waals surface area (Å²) < 4.78 is 12.2. The lowest BCUT2D eigenvalue weighted by atomic mass is 10.1. The standard InChI is InChI=1S/C6H10FNO/c1-5(2)3-6(7)8-4-9/h5-6H,3H2,1-2H3. The molecule has 0 saturated carbocycles. The van der Waals surface area contributed by atoms with Crippen LogP contribution in [0.25, 0.3) is 0 Å². The first kappa shape index (κ1) is 8.31. The highest BCUT2D eigenvalue weighted by Crippen LogP contribution is 2.07. The lowest BCUT2D eigenvalue weighted by molar-refractivity contribution is 0.293. The fourth-order valence-corrected chi connectivity index (χ4v) is 0.499. The SMILES string of the molecule is CC(C)CC(F)N=C=O. The van der Waals surface area contributed by atoms with E-state index >= 15 is 0 Å². The number of isocyanates is 1. The lowest BCUT2D eigenvalue weighted by Gasteiger charge is -2.02. The molecule has 0 spiro atoms. The van der Waals surface area contributed by atoms with Gasteiger partial charge in [0, 0.05) is 6.42 Å². The van der Waals surface area contributed by atoms with Crippen LogP contribution in [0.15, 0.2) is 4.99 Å². The summed E-state index contributed by atoms with van der Waals surface area (Å²) in [5.41, 5.74) is 0. The average molecular weight is 131 g/mol. The summed E-state index contributed by atoms with van der Waals surface area (Å²) in [6, 6.07) is 0. The van der Waals surface area contributed by atoms with Crippen molar-refractivity contribution >= 4 is 6.08 Å². The minimum absolute atomic E-state index is 0.233. The zero-order valence-corrected chi connectivity index (χ0v) is 5.60. The average Bonchev–Trinajstić information content (AvgIpc) is 1.63. The van der Waals surface area contributed by atoms with E-state index < -0.39 is 6.30 Å². The topological polar surface area (TPSA) is 29.4 Å². The van der Waals surface area contributed by atoms with Gasteiger partial charge in [0.25, 0.3) is 0 Å². The number of nitrogens with zero attached hydrogens (tertiary/aromatic N) is 1. The Hall–Kier alpha value is -0.690. The molecular weight excluding hydrogens is 121 g/mol. The quantitative estimate of drug-likeness (QED) is 0.325. The number of alkyl halides is 1. The summed E-state index contributed by atoms with van der Waals surface area (Å²) >= 11 is 0. The van der Waals surface area contributed by atoms with Crippen LogP contribution in [0.4, 0.5) is 4.39 Å². The molecule has 0 N–H and O–H groups in total. The molecule has 52 valence electrons. The number of halogens is 1. The molecular formula is C6H10FNO. The Morgan fingerprint density at radius 2 is 2.22 bits per heavy atom. The highest BCUT2D eigenvalue weighted by atomic mass is 19.1. The van der Waals surface area contributed by atoms with Crippen LogP contribution in [0, 0.1) is 5.92 Å². The van der Waals surface area contributed by atoms with E-state index in [1.54, 1.807) is 0 Å². The number of hydrogen-bond acceptors (Lipinski definition) is 2. The number of hydrogen-bond donors (Lipinski definition) is 0. The fraction of sp³-hybridized carbons (Fsp3) is 0.833. The van der Waals surface area contributed by atoms with Gasteiger partial charge in [-0.25, -0.2) is 9.18 Å². The van der Waals surface area contributed by atoms with Gasteiger partial charge in [0.15, 0.2) is 0 Å². The first-order chi connectivity index (χ1) is 4.16. The third kappa shape index (κ3) is 5.18. The molecule has 0 aromatic heterocycles. The maximum Gasteiger partial charge on any atom is 0.237 e. The molecule has 1 atom stereocenters. The minimum Gasteiger partial charge on any atom is -0.221 e. The molecule has 0 rings (SSSR count). The Morgan fingerprint density at radius 1 is 1.67 bits per heavy atom. The van der Waals surface area contributed by atoms with E-state index in [0.717, 1.165) is 0 Å². The van der Waals surface area contributed by atoms with E-state index in [4.69, 9.17) is 0 Å². The predicted molar refractivity (Wildman–Crippen MR) is 32.5 cm³/mol. The molecule has 0 saturated heterocycles. The smallest absolute Gasteiger partial charge is 0.221 e. The molecule has 0 aromatic carbocycles. The van der Waals surface area contributed by atoms with Crippen molar-refractivity contribution < 1.29 is 9.18 Å². The molecule has 0 aromatic rings. The Balaban J connectivity index is 3.49. The van der Waals surface area contributed by atoms with Crippen molar-refractivity contribution in [3.63, 3.8) is 0 Å². The minimum atomic E-state index is -1.36. The van der Waals surface area contributed by atoms with Gasteiger partial charge in [-0.15, -0.1) is 0 Å². The molecule has 0 radical (unpaired) electrons. The van der Waals surface area contributed by atoms with Crippen LogP contribution in [-0.4, -0.2) is 12.4 Å². The second kappa shape index (κ2) is 4.21. The third-order valence-corrected chi connectivity index (χ3v) is 0.859. The van der Waals surface area contributed by atoms with E-state index in [0.29, 0.717) is 6.42 Å². The molecule has 0 fully saturated rings. The van der Waals surface area contributed by atoms with E-state index in [1.165, 1.54) is 6.08 Å². The second-order valence-electron chi connectivity index (χ2n) is 2.28. The normalized spacial score (nSPS) is 12.9. The maximum atomic E-state index is 12.2. The highest BCUT2D eigenvalue weighted by molar-refractivity contribution is 5.33. The Bertz CT molecular complexity index is 118. The first-order valence-corrected chi connectivity index (χ1v) is 2.88. The molecule has 3 heteroatoms. The lowest BCUT2D eigenvalue weighted by Crippen LogP contribution is -2.00. The van der Waals surface area contributed by atoms with Crippen molar-refractivity contribution in [2.24, 2.45) is 10.9 Å². The van der Waals surface area contributed by atoms with E-state index in [2.05, 4.69) is 4.99 Å². The zero-order chi connectivity index (χ0) is 7.28.